The molecule has 0 unspecified atom stereocenters. The third kappa shape index (κ3) is 89.2. The first-order valence-electron chi connectivity index (χ1n) is 53.2. The summed E-state index contributed by atoms with van der Waals surface area (Å²) in [5.74, 6) is 3.85. The molecule has 12 heterocycles. The fraction of sp³-hybridized carbons (Fsp3) is 0.438. The van der Waals surface area contributed by atoms with E-state index in [1.807, 2.05) is 455 Å². The van der Waals surface area contributed by atoms with E-state index in [0.717, 1.165) is 69.0 Å². The molecule has 16 aromatic rings. The number of nitrogens with zero attached hydrogens (tertiary/aromatic N) is 20. The van der Waals surface area contributed by atoms with E-state index in [4.69, 9.17) is 4.74 Å². The molecule has 794 valence electrons. The molecule has 19 rings (SSSR count). The van der Waals surface area contributed by atoms with E-state index in [1.165, 1.54) is 114 Å². The van der Waals surface area contributed by atoms with Crippen LogP contribution in [0.3, 0.4) is 0 Å². The summed E-state index contributed by atoms with van der Waals surface area (Å²) in [4.78, 5) is 56.6. The minimum atomic E-state index is 0.711. The van der Waals surface area contributed by atoms with Crippen LogP contribution in [0.1, 0.15) is 340 Å². The lowest BCUT2D eigenvalue weighted by Gasteiger charge is -2.15. The Morgan fingerprint density at radius 2 is 0.657 bits per heavy atom. The van der Waals surface area contributed by atoms with Gasteiger partial charge in [-0.15, -0.1) is 22.0 Å². The summed E-state index contributed by atoms with van der Waals surface area (Å²) in [5.41, 5.74) is 12.7. The number of aromatic nitrogens is 20. The van der Waals surface area contributed by atoms with Gasteiger partial charge in [0.15, 0.2) is 0 Å². The Kier molecular flexibility index (Phi) is 148. The van der Waals surface area contributed by atoms with Crippen LogP contribution >= 0.6 is 11.8 Å². The van der Waals surface area contributed by atoms with E-state index in [1.54, 1.807) is 68.4 Å². The fourth-order valence-electron chi connectivity index (χ4n) is 9.62. The Balaban J connectivity index is -0.000000127. The van der Waals surface area contributed by atoms with Crippen molar-refractivity contribution >= 4 is 55.4 Å². The van der Waals surface area contributed by atoms with Gasteiger partial charge in [0.1, 0.15) is 49.0 Å². The van der Waals surface area contributed by atoms with Crippen LogP contribution < -0.4 is 4.74 Å². The van der Waals surface area contributed by atoms with Crippen LogP contribution in [-0.2, 0) is 25.7 Å². The van der Waals surface area contributed by atoms with Gasteiger partial charge in [0.05, 0.1) is 53.0 Å². The van der Waals surface area contributed by atoms with Crippen LogP contribution in [0.25, 0.3) is 43.6 Å². The quantitative estimate of drug-likeness (QED) is 0.136. The van der Waals surface area contributed by atoms with Gasteiger partial charge in [-0.3, -0.25) is 24.9 Å². The number of ether oxygens (including phenoxy) is 1. The standard InChI is InChI=1S/C9H11N.2C9H7N.C9H10O.C9H10S.2C8H6N2.2C5H6N2.3C4H5N3.19C2H6/c2*1-2-6-9-8(4-1)5-3-7-10-9;1-2-4-9-7-10-6-5-8(9)3-1;2*1-2-6-9-8(4-1)5-3-7-10-9;1-2-4-8-7(3-1)5-9-6-10-8;1-2-4-8-7(3-1)9-5-6-10-8;1-5-2-3-6-4-7-5;1-5-2-3-6-7-4-5;1-4-6-2-5-3-7-4;1-4-2-6-7-3-5-4;1-4-5-2-3-6-7-4;19*1-2/h3,5,7H,1-2,4,6H2;2*1-7H;2*1-2,4,6H,3,5,7H2;2*1-6H;2*2-4H,1H3;3*2-3H,1H3;19*1-2H3. The van der Waals surface area contributed by atoms with Crippen molar-refractivity contribution in [1.29, 1.82) is 0 Å². The summed E-state index contributed by atoms with van der Waals surface area (Å²) in [6, 6.07) is 63.0. The predicted octanol–water partition coefficient (Wildman–Crippen LogP) is 36.0. The highest BCUT2D eigenvalue weighted by atomic mass is 32.2. The Labute approximate surface area is 878 Å². The Hall–Kier alpha value is -12.7. The van der Waals surface area contributed by atoms with Gasteiger partial charge in [0.25, 0.3) is 0 Å². The number of pyridine rings is 3. The maximum absolute atomic E-state index is 5.42. The average Bonchev–Trinajstić information content (AvgIpc) is 0.904. The summed E-state index contributed by atoms with van der Waals surface area (Å²) in [5, 5.41) is 26.2. The van der Waals surface area contributed by atoms with Crippen LogP contribution in [0.5, 0.6) is 5.75 Å². The topological polar surface area (TPSA) is 267 Å². The average molecular weight is 1980 g/mol. The zero-order chi connectivity index (χ0) is 111. The second-order valence-electron chi connectivity index (χ2n) is 22.9. The van der Waals surface area contributed by atoms with Gasteiger partial charge in [-0.25, -0.2) is 44.9 Å². The molecule has 0 bridgehead atoms. The molecule has 0 radical (unpaired) electrons. The molecular weight excluding hydrogens is 1780 g/mol. The third-order valence-electron chi connectivity index (χ3n) is 14.9. The highest BCUT2D eigenvalue weighted by molar-refractivity contribution is 7.99. The van der Waals surface area contributed by atoms with Gasteiger partial charge in [-0.2, -0.15) is 20.4 Å². The van der Waals surface area contributed by atoms with Crippen molar-refractivity contribution in [2.24, 2.45) is 0 Å². The maximum atomic E-state index is 5.42. The molecule has 0 atom stereocenters. The normalized spacial score (nSPS) is 9.11. The predicted molar refractivity (Wildman–Crippen MR) is 632 cm³/mol. The third-order valence-corrected chi connectivity index (χ3v) is 16.1. The number of thioether (sulfide) groups is 1. The van der Waals surface area contributed by atoms with Gasteiger partial charge in [-0.1, -0.05) is 384 Å². The van der Waals surface area contributed by atoms with E-state index in [2.05, 4.69) is 167 Å². The minimum Gasteiger partial charge on any atom is -0.493 e. The lowest BCUT2D eigenvalue weighted by atomic mass is 9.96. The molecule has 1 aliphatic carbocycles. The number of aryl methyl sites for hydroxylation is 9. The van der Waals surface area contributed by atoms with Crippen LogP contribution in [-0.4, -0.2) is 113 Å². The van der Waals surface area contributed by atoms with E-state index in [-0.39, 0.29) is 0 Å². The number of hydrogen-bond acceptors (Lipinski definition) is 22. The SMILES string of the molecule is CC.CC.CC.CC.CC.CC.CC.CC.CC.CC.CC.CC.CC.CC.CC.CC.CC.CC.CC.Cc1ccncn1.Cc1ccnnc1.Cc1cnncn1.Cc1nccnn1.Cc1ncncn1.c1ccc2c(c1)CCCO2.c1ccc2c(c1)CCCS2.c1ccc2cnccc2c1.c1ccc2ncccc2c1.c1ccc2nccnc2c1.c1ccc2ncncc2c1.c1cnc2c(c1)CCCC2. The molecule has 0 N–H and O–H groups in total. The zero-order valence-corrected chi connectivity index (χ0v) is 98.4. The Morgan fingerprint density at radius 3 is 1.09 bits per heavy atom. The first-order chi connectivity index (χ1) is 70.7. The highest BCUT2D eigenvalue weighted by Gasteiger charge is 2.09. The van der Waals surface area contributed by atoms with Gasteiger partial charge >= 0.3 is 0 Å². The molecule has 0 amide bonds. The summed E-state index contributed by atoms with van der Waals surface area (Å²) in [6.45, 7) is 86.3. The Morgan fingerprint density at radius 1 is 0.231 bits per heavy atom. The molecule has 2 aliphatic heterocycles. The van der Waals surface area contributed by atoms with Crippen LogP contribution in [0, 0.1) is 34.6 Å². The second kappa shape index (κ2) is 136. The smallest absolute Gasteiger partial charge is 0.147 e. The van der Waals surface area contributed by atoms with Crippen molar-refractivity contribution in [3.8, 4) is 5.75 Å². The van der Waals surface area contributed by atoms with Gasteiger partial charge in [0, 0.05) is 89.0 Å². The van der Waals surface area contributed by atoms with Crippen molar-refractivity contribution in [1.82, 2.24) is 100 Å². The van der Waals surface area contributed by atoms with Crippen LogP contribution in [0.4, 0.5) is 0 Å². The van der Waals surface area contributed by atoms with Crippen molar-refractivity contribution in [2.45, 2.75) is 354 Å². The van der Waals surface area contributed by atoms with Gasteiger partial charge in [0.2, 0.25) is 0 Å². The lowest BCUT2D eigenvalue weighted by Crippen LogP contribution is -2.07. The summed E-state index contributed by atoms with van der Waals surface area (Å²) < 4.78 is 5.42. The first kappa shape index (κ1) is 156. The number of para-hydroxylation sites is 5. The zero-order valence-electron chi connectivity index (χ0n) is 97.6. The molecule has 10 aromatic heterocycles. The molecule has 0 saturated heterocycles. The van der Waals surface area contributed by atoms with Crippen molar-refractivity contribution in [3.05, 3.63) is 351 Å². The molecular formula is C121H198N20OS. The van der Waals surface area contributed by atoms with Crippen molar-refractivity contribution in [2.75, 3.05) is 12.4 Å². The van der Waals surface area contributed by atoms with Crippen LogP contribution in [0.2, 0.25) is 0 Å². The molecule has 0 saturated carbocycles. The maximum Gasteiger partial charge on any atom is 0.147 e. The Bertz CT molecular complexity index is 4020. The number of benzene rings is 6. The lowest BCUT2D eigenvalue weighted by molar-refractivity contribution is 0.288. The van der Waals surface area contributed by atoms with Crippen molar-refractivity contribution in [3.63, 3.8) is 0 Å². The molecule has 21 nitrogen and oxygen atoms in total. The van der Waals surface area contributed by atoms with E-state index < -0.39 is 0 Å². The van der Waals surface area contributed by atoms with Gasteiger partial charge in [-0.05, 0) is 191 Å². The second-order valence-corrected chi connectivity index (χ2v) is 24.0. The minimum absolute atomic E-state index is 0.711. The van der Waals surface area contributed by atoms with Crippen LogP contribution in [0.15, 0.2) is 305 Å². The number of fused-ring (bicyclic) bond motifs is 7. The van der Waals surface area contributed by atoms with Crippen molar-refractivity contribution < 1.29 is 4.74 Å². The first-order valence-corrected chi connectivity index (χ1v) is 54.2. The molecule has 22 heteroatoms. The highest BCUT2D eigenvalue weighted by Crippen LogP contribution is 2.29. The van der Waals surface area contributed by atoms with E-state index >= 15 is 0 Å². The molecule has 0 fully saturated rings. The largest absolute Gasteiger partial charge is 0.493 e. The van der Waals surface area contributed by atoms with E-state index in [9.17, 15) is 0 Å². The summed E-state index contributed by atoms with van der Waals surface area (Å²) >= 11 is 1.99. The molecule has 3 aliphatic rings. The van der Waals surface area contributed by atoms with Gasteiger partial charge < -0.3 is 4.74 Å². The number of hydrogen-bond donors (Lipinski definition) is 0. The summed E-state index contributed by atoms with van der Waals surface area (Å²) in [7, 11) is 0. The number of rotatable bonds is 0. The molecule has 143 heavy (non-hydrogen) atoms. The molecule has 0 spiro atoms. The van der Waals surface area contributed by atoms with E-state index in [0.29, 0.717) is 5.82 Å². The fourth-order valence-corrected chi connectivity index (χ4v) is 10.7. The molecule has 6 aromatic carbocycles. The monoisotopic (exact) mass is 1980 g/mol. The summed E-state index contributed by atoms with van der Waals surface area (Å²) in [6.07, 6.45) is 40.0.